The first-order chi connectivity index (χ1) is 41.4. The molecular weight excluding hydrogens is 1190 g/mol. The van der Waals surface area contributed by atoms with Gasteiger partial charge >= 0.3 is 34.1 Å². The van der Waals surface area contributed by atoms with Crippen LogP contribution >= 0.6 is 0 Å². The van der Waals surface area contributed by atoms with E-state index in [4.69, 9.17) is 39.9 Å². The van der Waals surface area contributed by atoms with Crippen molar-refractivity contribution < 1.29 is 43.7 Å². The van der Waals surface area contributed by atoms with Gasteiger partial charge in [0.1, 0.15) is 0 Å². The maximum Gasteiger partial charge on any atom is 2.00 e. The maximum absolute atomic E-state index is 14.7. The van der Waals surface area contributed by atoms with Gasteiger partial charge in [0.15, 0.2) is 0 Å². The molecule has 0 aliphatic carbocycles. The van der Waals surface area contributed by atoms with E-state index in [2.05, 4.69) is 146 Å². The van der Waals surface area contributed by atoms with Crippen LogP contribution in [0.25, 0.3) is 88.7 Å². The summed E-state index contributed by atoms with van der Waals surface area (Å²) in [6.45, 7) is 35.8. The average Bonchev–Trinajstić information content (AvgIpc) is 1.68. The number of nitrogens with zero attached hydrogens (tertiary/aromatic N) is 8. The SMILES string of the molecule is CCC1=C(C)c2nc1cc1[n-]c(c(C)c1CC)c1c3nc(cc4[n-]c(c(C)c4CC)c2CCNC(=O)CCc2c4nc(cc5[n-]c(c(C)c5CC)c(c5nc(cc6[n-]c2c(C)c6CC)C(CC)=C5C)CCNC(=O)CC1)C(CC)=C4C)C(CC)=C3C.[Cu+2].[Cu+2]. The predicted octanol–water partition coefficient (Wildman–Crippen LogP) is 15.2. The second-order valence-electron chi connectivity index (χ2n) is 24.1. The summed E-state index contributed by atoms with van der Waals surface area (Å²) < 4.78 is 0. The van der Waals surface area contributed by atoms with Crippen LogP contribution in [0, 0.1) is 27.7 Å². The summed E-state index contributed by atoms with van der Waals surface area (Å²) >= 11 is 0. The van der Waals surface area contributed by atoms with E-state index in [1.807, 2.05) is 0 Å². The molecule has 0 unspecified atom stereocenters. The van der Waals surface area contributed by atoms with Gasteiger partial charge in [-0.25, -0.2) is 19.9 Å². The van der Waals surface area contributed by atoms with Crippen molar-refractivity contribution in [3.05, 3.63) is 137 Å². The fourth-order valence-electron chi connectivity index (χ4n) is 15.0. The Kier molecular flexibility index (Phi) is 19.9. The number of carbonyl (C=O) groups is 2. The van der Waals surface area contributed by atoms with Gasteiger partial charge in [0, 0.05) is 25.9 Å². The number of aryl methyl sites for hydroxylation is 10. The molecule has 14 heteroatoms. The van der Waals surface area contributed by atoms with E-state index in [1.54, 1.807) is 0 Å². The maximum atomic E-state index is 14.7. The van der Waals surface area contributed by atoms with E-state index in [9.17, 15) is 9.59 Å². The van der Waals surface area contributed by atoms with Crippen molar-refractivity contribution in [2.45, 2.75) is 201 Å². The molecule has 0 fully saturated rings. The molecule has 0 atom stereocenters. The molecule has 6 aromatic rings. The summed E-state index contributed by atoms with van der Waals surface area (Å²) in [5, 5.41) is 6.82. The van der Waals surface area contributed by atoms with Crippen molar-refractivity contribution in [3.63, 3.8) is 0 Å². The van der Waals surface area contributed by atoms with Gasteiger partial charge in [-0.1, -0.05) is 124 Å². The van der Waals surface area contributed by atoms with Gasteiger partial charge in [0.2, 0.25) is 11.8 Å². The van der Waals surface area contributed by atoms with Crippen LogP contribution in [-0.4, -0.2) is 44.8 Å². The zero-order valence-corrected chi connectivity index (χ0v) is 56.5. The third kappa shape index (κ3) is 11.3. The van der Waals surface area contributed by atoms with Crippen molar-refractivity contribution in [2.24, 2.45) is 0 Å². The van der Waals surface area contributed by atoms with Crippen molar-refractivity contribution >= 4 is 101 Å². The topological polar surface area (TPSA) is 166 Å². The van der Waals surface area contributed by atoms with Crippen LogP contribution in [-0.2, 0) is 95.1 Å². The zero-order valence-electron chi connectivity index (χ0n) is 54.6. The summed E-state index contributed by atoms with van der Waals surface area (Å²) in [7, 11) is 0. The van der Waals surface area contributed by atoms with Crippen LogP contribution in [0.3, 0.4) is 0 Å². The third-order valence-electron chi connectivity index (χ3n) is 19.6. The minimum Gasteiger partial charge on any atom is -0.657 e. The molecule has 14 rings (SSSR count). The van der Waals surface area contributed by atoms with Gasteiger partial charge in [-0.05, 0) is 199 Å². The van der Waals surface area contributed by atoms with E-state index < -0.39 is 0 Å². The zero-order chi connectivity index (χ0) is 61.2. The Morgan fingerprint density at radius 1 is 0.341 bits per heavy atom. The first-order valence-corrected chi connectivity index (χ1v) is 32.1. The van der Waals surface area contributed by atoms with Gasteiger partial charge in [-0.2, -0.15) is 0 Å². The molecule has 8 aliphatic heterocycles. The van der Waals surface area contributed by atoms with Gasteiger partial charge in [-0.3, -0.25) is 9.59 Å². The van der Waals surface area contributed by atoms with E-state index in [-0.39, 0.29) is 58.8 Å². The van der Waals surface area contributed by atoms with Crippen molar-refractivity contribution in [1.29, 1.82) is 0 Å². The Morgan fingerprint density at radius 2 is 0.568 bits per heavy atom. The number of amides is 2. The molecule has 466 valence electrons. The first kappa shape index (κ1) is 65.6. The Morgan fingerprint density at radius 3 is 0.784 bits per heavy atom. The van der Waals surface area contributed by atoms with Crippen LogP contribution in [0.2, 0.25) is 0 Å². The summed E-state index contributed by atoms with van der Waals surface area (Å²) in [5.74, 6) is -0.0843. The van der Waals surface area contributed by atoms with E-state index in [1.165, 1.54) is 22.3 Å². The molecule has 2 amide bonds. The molecule has 88 heavy (non-hydrogen) atoms. The number of hydrogen-bond donors (Lipinski definition) is 2. The monoisotopic (exact) mass is 1270 g/mol. The second kappa shape index (κ2) is 26.7. The van der Waals surface area contributed by atoms with E-state index >= 15 is 0 Å². The van der Waals surface area contributed by atoms with Crippen molar-refractivity contribution in [3.8, 4) is 0 Å². The Bertz CT molecular complexity index is 4080. The third-order valence-corrected chi connectivity index (χ3v) is 19.6. The predicted molar refractivity (Wildman–Crippen MR) is 356 cm³/mol. The molecule has 8 aliphatic rings. The summed E-state index contributed by atoms with van der Waals surface area (Å²) in [5.41, 5.74) is 36.4. The molecule has 0 spiro atoms. The number of carbonyl (C=O) groups excluding carboxylic acids is 2. The van der Waals surface area contributed by atoms with E-state index in [0.717, 1.165) is 230 Å². The molecule has 0 saturated carbocycles. The number of aromatic nitrogens is 8. The quantitative estimate of drug-likeness (QED) is 0.140. The van der Waals surface area contributed by atoms with Gasteiger partial charge in [-0.15, -0.1) is 44.1 Å². The molecule has 20 bridgehead atoms. The number of hydrogen-bond acceptors (Lipinski definition) is 6. The molecule has 2 N–H and O–H groups in total. The molecule has 2 radical (unpaired) electrons. The molecule has 0 aromatic carbocycles. The smallest absolute Gasteiger partial charge is 0.657 e. The fraction of sp³-hybridized carbons (Fsp3) is 0.432. The number of nitrogens with one attached hydrogen (secondary N) is 2. The summed E-state index contributed by atoms with van der Waals surface area (Å²) in [4.78, 5) is 74.1. The van der Waals surface area contributed by atoms with Crippen LogP contribution in [0.15, 0.2) is 24.3 Å². The van der Waals surface area contributed by atoms with Crippen molar-refractivity contribution in [1.82, 2.24) is 50.5 Å². The van der Waals surface area contributed by atoms with E-state index in [0.29, 0.717) is 38.8 Å². The normalized spacial score (nSPS) is 15.1. The largest absolute Gasteiger partial charge is 2.00 e. The van der Waals surface area contributed by atoms with Crippen LogP contribution in [0.4, 0.5) is 0 Å². The van der Waals surface area contributed by atoms with Crippen molar-refractivity contribution in [2.75, 3.05) is 13.1 Å². The molecule has 0 saturated heterocycles. The Hall–Kier alpha value is -6.82. The van der Waals surface area contributed by atoms with Crippen LogP contribution in [0.5, 0.6) is 0 Å². The Balaban J connectivity index is 0.00000461. The van der Waals surface area contributed by atoms with Gasteiger partial charge in [0.25, 0.3) is 0 Å². The standard InChI is InChI=1S/C74H88N10O2.2Cu/c1-17-45-37(9)67-53-25-27-65(85)75-32-30-56-73-43(15)51(23-7)63(83-73)35-59-47(19-3)39(11)69(79-59)54(70-40(12)48(20-4)60(80-70)36-64-52(24-8)44(16)74(56)84-64)26-28-66(86)76-31-29-55(71-41(13)49(21-5)61(81-71)33-57(45)77-67)72-42(14)50(22-6)62(82-72)34-58-46(18-2)38(10)68(53)78-58;;/h33-36H,17-32H2,1-16H3,(H4-2,75,76,77,78,79,80,81,82,83,84,85,86);;/q-2;2*+2/p-2. The molecule has 12 nitrogen and oxygen atoms in total. The first-order valence-electron chi connectivity index (χ1n) is 32.1. The molecule has 14 heterocycles. The second-order valence-corrected chi connectivity index (χ2v) is 24.1. The minimum absolute atomic E-state index is 0. The van der Waals surface area contributed by atoms with Gasteiger partial charge in [0.05, 0.1) is 45.6 Å². The van der Waals surface area contributed by atoms with Crippen LogP contribution < -0.4 is 30.6 Å². The summed E-state index contributed by atoms with van der Waals surface area (Å²) in [6.07, 6.45) is 8.59. The minimum atomic E-state index is -0.0421. The Labute approximate surface area is 541 Å². The number of rotatable bonds is 8. The van der Waals surface area contributed by atoms with Gasteiger partial charge < -0.3 is 30.6 Å². The fourth-order valence-corrected chi connectivity index (χ4v) is 15.0. The number of allylic oxidation sites excluding steroid dienone is 8. The average molecular weight is 1270 g/mol. The molecule has 6 aromatic heterocycles. The van der Waals surface area contributed by atoms with Crippen LogP contribution in [0.1, 0.15) is 234 Å². The summed E-state index contributed by atoms with van der Waals surface area (Å²) in [6, 6.07) is 8.74. The molecular formula is C74H86Cu2N10O2.